The third-order valence-corrected chi connectivity index (χ3v) is 7.75. The van der Waals surface area contributed by atoms with E-state index >= 15 is 0 Å². The largest absolute Gasteiger partial charge is 0.301 e. The number of fused-ring (bicyclic) bond motifs is 1. The van der Waals surface area contributed by atoms with Crippen LogP contribution in [0.25, 0.3) is 0 Å². The van der Waals surface area contributed by atoms with E-state index in [4.69, 9.17) is 0 Å². The number of hydrogen-bond donors (Lipinski definition) is 1. The first kappa shape index (κ1) is 17.6. The van der Waals surface area contributed by atoms with E-state index in [1.165, 1.54) is 32.7 Å². The summed E-state index contributed by atoms with van der Waals surface area (Å²) in [7, 11) is -3.85. The van der Waals surface area contributed by atoms with E-state index in [-0.39, 0.29) is 17.3 Å². The average molecular weight is 395 g/mol. The van der Waals surface area contributed by atoms with Gasteiger partial charge in [-0.25, -0.2) is 17.8 Å². The Balaban J connectivity index is 1.53. The standard InChI is InChI=1S/C17H18FN3O3S2/c18-11-6-8-12(9-7-11)26(23,24)21-10-2-4-14(21)16(22)20-17-19-13-3-1-5-15(13)25-17/h6-9,14H,1-5,10H2,(H,19,20,22)/t14-/m0/s1. The lowest BCUT2D eigenvalue weighted by molar-refractivity contribution is -0.119. The van der Waals surface area contributed by atoms with Crippen molar-refractivity contribution in [2.75, 3.05) is 11.9 Å². The monoisotopic (exact) mass is 395 g/mol. The molecular weight excluding hydrogens is 377 g/mol. The van der Waals surface area contributed by atoms with Crippen molar-refractivity contribution in [2.24, 2.45) is 0 Å². The lowest BCUT2D eigenvalue weighted by Gasteiger charge is -2.23. The molecule has 1 aromatic carbocycles. The topological polar surface area (TPSA) is 79.4 Å². The maximum absolute atomic E-state index is 13.1. The van der Waals surface area contributed by atoms with Crippen molar-refractivity contribution < 1.29 is 17.6 Å². The summed E-state index contributed by atoms with van der Waals surface area (Å²) >= 11 is 1.46. The predicted octanol–water partition coefficient (Wildman–Crippen LogP) is 2.56. The molecule has 1 aliphatic carbocycles. The molecule has 1 aliphatic heterocycles. The van der Waals surface area contributed by atoms with Crippen LogP contribution in [0.2, 0.25) is 0 Å². The first-order valence-electron chi connectivity index (χ1n) is 8.52. The van der Waals surface area contributed by atoms with Crippen molar-refractivity contribution in [3.8, 4) is 0 Å². The van der Waals surface area contributed by atoms with E-state index in [0.29, 0.717) is 18.0 Å². The Morgan fingerprint density at radius 2 is 2.00 bits per heavy atom. The summed E-state index contributed by atoms with van der Waals surface area (Å²) in [6.45, 7) is 0.270. The average Bonchev–Trinajstić information content (AvgIpc) is 3.30. The molecule has 0 saturated carbocycles. The fraction of sp³-hybridized carbons (Fsp3) is 0.412. The van der Waals surface area contributed by atoms with Crippen LogP contribution in [-0.4, -0.2) is 36.2 Å². The van der Waals surface area contributed by atoms with Gasteiger partial charge in [-0.3, -0.25) is 4.79 Å². The molecule has 0 spiro atoms. The summed E-state index contributed by atoms with van der Waals surface area (Å²) in [6, 6.07) is 3.89. The van der Waals surface area contributed by atoms with Gasteiger partial charge in [-0.15, -0.1) is 11.3 Å². The second-order valence-electron chi connectivity index (χ2n) is 6.46. The van der Waals surface area contributed by atoms with Crippen molar-refractivity contribution in [2.45, 2.75) is 43.0 Å². The number of aromatic nitrogens is 1. The highest BCUT2D eigenvalue weighted by molar-refractivity contribution is 7.89. The zero-order valence-corrected chi connectivity index (χ0v) is 15.6. The van der Waals surface area contributed by atoms with Gasteiger partial charge in [0.2, 0.25) is 15.9 Å². The van der Waals surface area contributed by atoms with E-state index in [1.54, 1.807) is 0 Å². The van der Waals surface area contributed by atoms with Gasteiger partial charge >= 0.3 is 0 Å². The van der Waals surface area contributed by atoms with Gasteiger partial charge < -0.3 is 5.32 Å². The van der Waals surface area contributed by atoms with Crippen LogP contribution in [0.4, 0.5) is 9.52 Å². The van der Waals surface area contributed by atoms with Crippen LogP contribution in [0.3, 0.4) is 0 Å². The molecule has 0 unspecified atom stereocenters. The van der Waals surface area contributed by atoms with Gasteiger partial charge in [0.05, 0.1) is 10.6 Å². The molecule has 1 N–H and O–H groups in total. The summed E-state index contributed by atoms with van der Waals surface area (Å²) in [6.07, 6.45) is 4.06. The smallest absolute Gasteiger partial charge is 0.244 e. The van der Waals surface area contributed by atoms with Crippen LogP contribution in [-0.2, 0) is 27.7 Å². The van der Waals surface area contributed by atoms with E-state index in [2.05, 4.69) is 10.3 Å². The van der Waals surface area contributed by atoms with E-state index in [0.717, 1.165) is 37.1 Å². The summed E-state index contributed by atoms with van der Waals surface area (Å²) < 4.78 is 40.0. The summed E-state index contributed by atoms with van der Waals surface area (Å²) in [5.74, 6) is -0.864. The Morgan fingerprint density at radius 3 is 2.73 bits per heavy atom. The molecule has 1 aromatic heterocycles. The zero-order chi connectivity index (χ0) is 18.3. The molecule has 0 radical (unpaired) electrons. The van der Waals surface area contributed by atoms with Gasteiger partial charge in [0.15, 0.2) is 5.13 Å². The zero-order valence-electron chi connectivity index (χ0n) is 13.9. The highest BCUT2D eigenvalue weighted by Gasteiger charge is 2.39. The lowest BCUT2D eigenvalue weighted by atomic mass is 10.2. The van der Waals surface area contributed by atoms with Gasteiger partial charge in [0.1, 0.15) is 11.9 Å². The van der Waals surface area contributed by atoms with Crippen molar-refractivity contribution >= 4 is 32.4 Å². The fourth-order valence-corrected chi connectivity index (χ4v) is 6.17. The molecule has 0 bridgehead atoms. The number of thiazole rings is 1. The molecular formula is C17H18FN3O3S2. The normalized spacial score (nSPS) is 20.3. The van der Waals surface area contributed by atoms with Gasteiger partial charge in [-0.1, -0.05) is 0 Å². The Kier molecular flexibility index (Phi) is 4.54. The Morgan fingerprint density at radius 1 is 1.23 bits per heavy atom. The summed E-state index contributed by atoms with van der Waals surface area (Å²) in [4.78, 5) is 18.3. The maximum Gasteiger partial charge on any atom is 0.244 e. The second kappa shape index (κ2) is 6.71. The van der Waals surface area contributed by atoms with Crippen molar-refractivity contribution in [3.05, 3.63) is 40.7 Å². The number of nitrogens with one attached hydrogen (secondary N) is 1. The molecule has 1 amide bonds. The SMILES string of the molecule is O=C(Nc1nc2c(s1)CCC2)[C@@H]1CCCN1S(=O)(=O)c1ccc(F)cc1. The van der Waals surface area contributed by atoms with E-state index < -0.39 is 21.9 Å². The number of carbonyl (C=O) groups excluding carboxylic acids is 1. The number of aryl methyl sites for hydroxylation is 2. The number of nitrogens with zero attached hydrogens (tertiary/aromatic N) is 2. The first-order valence-corrected chi connectivity index (χ1v) is 10.8. The number of rotatable bonds is 4. The van der Waals surface area contributed by atoms with Gasteiger partial charge in [-0.05, 0) is 56.4 Å². The van der Waals surface area contributed by atoms with Crippen LogP contribution in [0.5, 0.6) is 0 Å². The van der Waals surface area contributed by atoms with E-state index in [9.17, 15) is 17.6 Å². The van der Waals surface area contributed by atoms with Crippen molar-refractivity contribution in [1.82, 2.24) is 9.29 Å². The van der Waals surface area contributed by atoms with Crippen molar-refractivity contribution in [1.29, 1.82) is 0 Å². The minimum Gasteiger partial charge on any atom is -0.301 e. The Hall–Kier alpha value is -1.84. The van der Waals surface area contributed by atoms with Gasteiger partial charge in [0.25, 0.3) is 0 Å². The molecule has 1 saturated heterocycles. The van der Waals surface area contributed by atoms with Crippen LogP contribution in [0.1, 0.15) is 29.8 Å². The highest BCUT2D eigenvalue weighted by Crippen LogP contribution is 2.32. The number of anilines is 1. The first-order chi connectivity index (χ1) is 12.4. The quantitative estimate of drug-likeness (QED) is 0.863. The van der Waals surface area contributed by atoms with Crippen LogP contribution >= 0.6 is 11.3 Å². The molecule has 6 nitrogen and oxygen atoms in total. The fourth-order valence-electron chi connectivity index (χ4n) is 3.46. The third kappa shape index (κ3) is 3.15. The van der Waals surface area contributed by atoms with Crippen LogP contribution in [0, 0.1) is 5.82 Å². The molecule has 138 valence electrons. The Bertz CT molecular complexity index is 919. The molecule has 2 heterocycles. The molecule has 2 aromatic rings. The van der Waals surface area contributed by atoms with Crippen LogP contribution in [0.15, 0.2) is 29.2 Å². The maximum atomic E-state index is 13.1. The van der Waals surface area contributed by atoms with Gasteiger partial charge in [0, 0.05) is 11.4 Å². The highest BCUT2D eigenvalue weighted by atomic mass is 32.2. The Labute approximate surface area is 155 Å². The number of hydrogen-bond acceptors (Lipinski definition) is 5. The number of sulfonamides is 1. The molecule has 1 atom stereocenters. The number of carbonyl (C=O) groups is 1. The minimum absolute atomic E-state index is 0.00757. The molecule has 1 fully saturated rings. The third-order valence-electron chi connectivity index (χ3n) is 4.75. The second-order valence-corrected chi connectivity index (χ2v) is 9.43. The number of benzene rings is 1. The van der Waals surface area contributed by atoms with Crippen LogP contribution < -0.4 is 5.32 Å². The molecule has 9 heteroatoms. The van der Waals surface area contributed by atoms with Gasteiger partial charge in [-0.2, -0.15) is 4.31 Å². The molecule has 4 rings (SSSR count). The summed E-state index contributed by atoms with van der Waals surface area (Å²) in [5, 5.41) is 3.31. The number of halogens is 1. The molecule has 2 aliphatic rings. The predicted molar refractivity (Wildman–Crippen MR) is 96.1 cm³/mol. The summed E-state index contributed by atoms with van der Waals surface area (Å²) in [5.41, 5.74) is 1.03. The van der Waals surface area contributed by atoms with E-state index in [1.807, 2.05) is 0 Å². The molecule has 26 heavy (non-hydrogen) atoms. The lowest BCUT2D eigenvalue weighted by Crippen LogP contribution is -2.43. The number of amides is 1. The minimum atomic E-state index is -3.85. The van der Waals surface area contributed by atoms with Crippen molar-refractivity contribution in [3.63, 3.8) is 0 Å².